The molecule has 5 heterocycles. The van der Waals surface area contributed by atoms with Gasteiger partial charge < -0.3 is 4.90 Å². The van der Waals surface area contributed by atoms with Crippen molar-refractivity contribution in [1.29, 1.82) is 5.26 Å². The van der Waals surface area contributed by atoms with Gasteiger partial charge in [0.1, 0.15) is 16.0 Å². The highest BCUT2D eigenvalue weighted by Crippen LogP contribution is 2.32. The zero-order valence-electron chi connectivity index (χ0n) is 21.3. The second-order valence-corrected chi connectivity index (χ2v) is 10.6. The molecule has 0 bridgehead atoms. The van der Waals surface area contributed by atoms with E-state index in [1.807, 2.05) is 6.92 Å². The molecular weight excluding hydrogens is 474 g/mol. The van der Waals surface area contributed by atoms with Gasteiger partial charge in [-0.25, -0.2) is 14.8 Å². The maximum atomic E-state index is 12.8. The first-order valence-electron chi connectivity index (χ1n) is 12.4. The molecule has 0 saturated carbocycles. The van der Waals surface area contributed by atoms with Crippen molar-refractivity contribution in [2.75, 3.05) is 18.0 Å². The molecule has 10 nitrogen and oxygen atoms in total. The second-order valence-electron chi connectivity index (χ2n) is 9.44. The maximum Gasteiger partial charge on any atom is 0.352 e. The van der Waals surface area contributed by atoms with Gasteiger partial charge in [-0.2, -0.15) is 19.9 Å². The molecule has 0 spiro atoms. The number of fused-ring (bicyclic) bond motifs is 2. The van der Waals surface area contributed by atoms with E-state index in [2.05, 4.69) is 63.8 Å². The van der Waals surface area contributed by atoms with Gasteiger partial charge in [-0.3, -0.25) is 9.47 Å². The van der Waals surface area contributed by atoms with Gasteiger partial charge in [0, 0.05) is 44.3 Å². The van der Waals surface area contributed by atoms with Gasteiger partial charge in [0.2, 0.25) is 5.95 Å². The molecule has 4 aromatic heterocycles. The lowest BCUT2D eigenvalue weighted by molar-refractivity contribution is 0.0981. The standard InChI is InChI=1S/C25H31N9OS/c1-6-18-14-33(24-29-25(35)31(5)22-12-17(10-11-26)30-34(22)24)19(7-2)13-32(18)15(3)20-8-9-21-23(28-20)36-16(4)27-21/h8-9,12,15,18-19H,6-7,10,13-14H2,1-5H3/t15?,18-,19+/m1/s1. The van der Waals surface area contributed by atoms with Crippen LogP contribution in [0.3, 0.4) is 0 Å². The summed E-state index contributed by atoms with van der Waals surface area (Å²) in [5.41, 5.74) is 2.96. The number of hydrogen-bond donors (Lipinski definition) is 0. The average Bonchev–Trinajstić information content (AvgIpc) is 3.47. The fourth-order valence-corrected chi connectivity index (χ4v) is 6.00. The van der Waals surface area contributed by atoms with Crippen LogP contribution in [0.15, 0.2) is 23.0 Å². The smallest absolute Gasteiger partial charge is 0.335 e. The molecule has 1 aliphatic heterocycles. The Hall–Kier alpha value is -3.36. The Balaban J connectivity index is 1.50. The first-order valence-corrected chi connectivity index (χ1v) is 13.2. The zero-order valence-corrected chi connectivity index (χ0v) is 22.2. The van der Waals surface area contributed by atoms with Crippen LogP contribution in [-0.4, -0.2) is 59.2 Å². The molecule has 5 rings (SSSR count). The fourth-order valence-electron chi connectivity index (χ4n) is 5.21. The number of anilines is 1. The predicted molar refractivity (Wildman–Crippen MR) is 140 cm³/mol. The van der Waals surface area contributed by atoms with Gasteiger partial charge in [-0.15, -0.1) is 0 Å². The molecular formula is C25H31N9OS. The van der Waals surface area contributed by atoms with Crippen molar-refractivity contribution < 1.29 is 0 Å². The summed E-state index contributed by atoms with van der Waals surface area (Å²) in [5.74, 6) is 0.551. The molecule has 1 aliphatic rings. The lowest BCUT2D eigenvalue weighted by Gasteiger charge is -2.48. The minimum Gasteiger partial charge on any atom is -0.335 e. The van der Waals surface area contributed by atoms with Crippen LogP contribution in [0.5, 0.6) is 0 Å². The number of rotatable bonds is 6. The minimum atomic E-state index is -0.322. The Morgan fingerprint density at radius 3 is 2.67 bits per heavy atom. The highest BCUT2D eigenvalue weighted by Gasteiger charge is 2.37. The molecule has 3 atom stereocenters. The average molecular weight is 506 g/mol. The van der Waals surface area contributed by atoms with Crippen LogP contribution in [0, 0.1) is 18.3 Å². The van der Waals surface area contributed by atoms with Crippen molar-refractivity contribution in [2.24, 2.45) is 7.05 Å². The normalized spacial score (nSPS) is 19.7. The van der Waals surface area contributed by atoms with E-state index in [0.717, 1.165) is 47.0 Å². The molecule has 0 aromatic carbocycles. The summed E-state index contributed by atoms with van der Waals surface area (Å²) in [6.07, 6.45) is 2.03. The largest absolute Gasteiger partial charge is 0.352 e. The molecule has 0 N–H and O–H groups in total. The highest BCUT2D eigenvalue weighted by molar-refractivity contribution is 7.18. The number of nitrogens with zero attached hydrogens (tertiary/aromatic N) is 9. The van der Waals surface area contributed by atoms with Crippen molar-refractivity contribution in [3.8, 4) is 6.07 Å². The number of pyridine rings is 1. The van der Waals surface area contributed by atoms with Crippen molar-refractivity contribution in [3.63, 3.8) is 0 Å². The van der Waals surface area contributed by atoms with Crippen LogP contribution in [0.4, 0.5) is 5.95 Å². The summed E-state index contributed by atoms with van der Waals surface area (Å²) in [7, 11) is 1.69. The first kappa shape index (κ1) is 24.3. The number of nitriles is 1. The van der Waals surface area contributed by atoms with E-state index in [4.69, 9.17) is 10.2 Å². The number of thiazole rings is 1. The number of piperazine rings is 1. The molecule has 1 fully saturated rings. The number of aromatic nitrogens is 6. The molecule has 1 saturated heterocycles. The molecule has 0 aliphatic carbocycles. The topological polar surface area (TPSA) is 108 Å². The van der Waals surface area contributed by atoms with Crippen LogP contribution in [0.2, 0.25) is 0 Å². The fraction of sp³-hybridized carbons (Fsp3) is 0.520. The molecule has 0 amide bonds. The van der Waals surface area contributed by atoms with Crippen molar-refractivity contribution in [2.45, 2.75) is 65.1 Å². The lowest BCUT2D eigenvalue weighted by atomic mass is 9.99. The minimum absolute atomic E-state index is 0.140. The van der Waals surface area contributed by atoms with E-state index in [1.54, 1.807) is 29.0 Å². The van der Waals surface area contributed by atoms with E-state index < -0.39 is 0 Å². The number of aryl methyl sites for hydroxylation is 2. The summed E-state index contributed by atoms with van der Waals surface area (Å²) in [4.78, 5) is 32.5. The van der Waals surface area contributed by atoms with Crippen LogP contribution in [0.1, 0.15) is 56.1 Å². The van der Waals surface area contributed by atoms with Gasteiger partial charge in [-0.05, 0) is 38.8 Å². The molecule has 36 heavy (non-hydrogen) atoms. The third-order valence-corrected chi connectivity index (χ3v) is 8.15. The molecule has 188 valence electrons. The molecule has 1 unspecified atom stereocenters. The Morgan fingerprint density at radius 1 is 1.17 bits per heavy atom. The third-order valence-electron chi connectivity index (χ3n) is 7.26. The van der Waals surface area contributed by atoms with E-state index >= 15 is 0 Å². The van der Waals surface area contributed by atoms with Crippen molar-refractivity contribution in [1.82, 2.24) is 34.0 Å². The van der Waals surface area contributed by atoms with E-state index in [9.17, 15) is 4.79 Å². The van der Waals surface area contributed by atoms with Crippen molar-refractivity contribution >= 4 is 33.3 Å². The summed E-state index contributed by atoms with van der Waals surface area (Å²) in [6, 6.07) is 8.65. The SMILES string of the molecule is CC[C@H]1CN(C(C)c2ccc3nc(C)sc3n2)[C@H](CC)CN1c1nc(=O)n(C)c2cc(CC#N)nn12. The van der Waals surface area contributed by atoms with Gasteiger partial charge in [0.25, 0.3) is 0 Å². The first-order chi connectivity index (χ1) is 17.3. The van der Waals surface area contributed by atoms with E-state index in [-0.39, 0.29) is 30.2 Å². The second kappa shape index (κ2) is 9.59. The molecule has 11 heteroatoms. The van der Waals surface area contributed by atoms with Crippen LogP contribution < -0.4 is 10.6 Å². The van der Waals surface area contributed by atoms with Gasteiger partial charge in [0.05, 0.1) is 28.9 Å². The van der Waals surface area contributed by atoms with Crippen LogP contribution in [0.25, 0.3) is 16.0 Å². The monoisotopic (exact) mass is 505 g/mol. The third kappa shape index (κ3) is 4.14. The summed E-state index contributed by atoms with van der Waals surface area (Å²) >= 11 is 1.63. The Morgan fingerprint density at radius 2 is 1.94 bits per heavy atom. The summed E-state index contributed by atoms with van der Waals surface area (Å²) in [5, 5.41) is 14.8. The molecule has 0 radical (unpaired) electrons. The van der Waals surface area contributed by atoms with Gasteiger partial charge in [0.15, 0.2) is 0 Å². The van der Waals surface area contributed by atoms with E-state index in [0.29, 0.717) is 17.3 Å². The summed E-state index contributed by atoms with van der Waals surface area (Å²) < 4.78 is 3.21. The van der Waals surface area contributed by atoms with Gasteiger partial charge in [-0.1, -0.05) is 25.2 Å². The Bertz CT molecular complexity index is 1510. The van der Waals surface area contributed by atoms with Crippen molar-refractivity contribution in [3.05, 3.63) is 45.1 Å². The number of hydrogen-bond acceptors (Lipinski definition) is 9. The van der Waals surface area contributed by atoms with Crippen LogP contribution >= 0.6 is 11.3 Å². The summed E-state index contributed by atoms with van der Waals surface area (Å²) in [6.45, 7) is 10.2. The zero-order chi connectivity index (χ0) is 25.6. The van der Waals surface area contributed by atoms with E-state index in [1.165, 1.54) is 4.57 Å². The molecule has 4 aromatic rings. The predicted octanol–water partition coefficient (Wildman–Crippen LogP) is 3.25. The lowest BCUT2D eigenvalue weighted by Crippen LogP contribution is -2.59. The van der Waals surface area contributed by atoms with Gasteiger partial charge >= 0.3 is 5.69 Å². The highest BCUT2D eigenvalue weighted by atomic mass is 32.1. The Kier molecular flexibility index (Phi) is 6.49. The van der Waals surface area contributed by atoms with Crippen LogP contribution in [-0.2, 0) is 13.5 Å². The Labute approximate surface area is 213 Å². The quantitative estimate of drug-likeness (QED) is 0.393. The maximum absolute atomic E-state index is 12.8.